The predicted octanol–water partition coefficient (Wildman–Crippen LogP) is 0.252. The van der Waals surface area contributed by atoms with Crippen LogP contribution in [0.4, 0.5) is 0 Å². The first kappa shape index (κ1) is 14.4. The third-order valence-corrected chi connectivity index (χ3v) is 2.65. The summed E-state index contributed by atoms with van der Waals surface area (Å²) in [6.45, 7) is 7.99. The van der Waals surface area contributed by atoms with Gasteiger partial charge in [-0.3, -0.25) is 4.79 Å². The van der Waals surface area contributed by atoms with Crippen LogP contribution >= 0.6 is 0 Å². The topological polar surface area (TPSA) is 50.8 Å². The van der Waals surface area contributed by atoms with Crippen LogP contribution in [0, 0.1) is 0 Å². The van der Waals surface area contributed by atoms with Crippen LogP contribution in [0.2, 0.25) is 0 Å². The van der Waals surface area contributed by atoms with Gasteiger partial charge in [0.1, 0.15) is 0 Å². The molecule has 0 radical (unpaired) electrons. The number of carbonyl (C=O) groups excluding carboxylic acids is 1. The van der Waals surface area contributed by atoms with E-state index in [-0.39, 0.29) is 5.91 Å². The van der Waals surface area contributed by atoms with E-state index in [0.717, 1.165) is 39.2 Å². The summed E-state index contributed by atoms with van der Waals surface area (Å²) in [5.74, 6) is 0.195. The summed E-state index contributed by atoms with van der Waals surface area (Å²) in [6.07, 6.45) is 1.51. The number of ether oxygens (including phenoxy) is 2. The molecule has 0 unspecified atom stereocenters. The van der Waals surface area contributed by atoms with E-state index in [0.29, 0.717) is 26.2 Å². The van der Waals surface area contributed by atoms with Gasteiger partial charge in [0.15, 0.2) is 0 Å². The van der Waals surface area contributed by atoms with E-state index < -0.39 is 0 Å². The van der Waals surface area contributed by atoms with E-state index in [1.165, 1.54) is 0 Å². The highest BCUT2D eigenvalue weighted by atomic mass is 16.5. The molecule has 0 aromatic rings. The predicted molar refractivity (Wildman–Crippen MR) is 66.0 cm³/mol. The fraction of sp³-hybridized carbons (Fsp3) is 0.917. The van der Waals surface area contributed by atoms with Gasteiger partial charge in [0, 0.05) is 32.8 Å². The molecule has 0 aromatic carbocycles. The van der Waals surface area contributed by atoms with E-state index in [4.69, 9.17) is 9.47 Å². The Hall–Kier alpha value is -0.650. The fourth-order valence-corrected chi connectivity index (χ4v) is 1.70. The molecule has 1 saturated heterocycles. The molecule has 1 amide bonds. The maximum Gasteiger partial charge on any atom is 0.224 e. The average molecular weight is 244 g/mol. The van der Waals surface area contributed by atoms with Crippen molar-refractivity contribution in [1.82, 2.24) is 10.2 Å². The van der Waals surface area contributed by atoms with Gasteiger partial charge in [-0.15, -0.1) is 0 Å². The van der Waals surface area contributed by atoms with Crippen LogP contribution in [0.25, 0.3) is 0 Å². The van der Waals surface area contributed by atoms with Crippen LogP contribution < -0.4 is 5.32 Å². The zero-order valence-corrected chi connectivity index (χ0v) is 10.7. The normalized spacial score (nSPS) is 16.2. The van der Waals surface area contributed by atoms with Crippen molar-refractivity contribution < 1.29 is 14.3 Å². The molecule has 1 N–H and O–H groups in total. The molecule has 1 aliphatic rings. The lowest BCUT2D eigenvalue weighted by atomic mass is 10.3. The molecule has 1 rings (SSSR count). The summed E-state index contributed by atoms with van der Waals surface area (Å²) in [4.78, 5) is 13.6. The van der Waals surface area contributed by atoms with Gasteiger partial charge in [-0.1, -0.05) is 6.92 Å². The van der Waals surface area contributed by atoms with E-state index in [9.17, 15) is 4.79 Å². The summed E-state index contributed by atoms with van der Waals surface area (Å²) < 4.78 is 10.6. The fourth-order valence-electron chi connectivity index (χ4n) is 1.70. The Kier molecular flexibility index (Phi) is 7.96. The molecular formula is C12H24N2O3. The number of piperazine rings is 1. The summed E-state index contributed by atoms with van der Waals surface area (Å²) in [5.41, 5.74) is 0. The van der Waals surface area contributed by atoms with Gasteiger partial charge in [-0.05, 0) is 6.42 Å². The third-order valence-electron chi connectivity index (χ3n) is 2.65. The Morgan fingerprint density at radius 2 is 1.76 bits per heavy atom. The van der Waals surface area contributed by atoms with Crippen molar-refractivity contribution >= 4 is 5.91 Å². The molecule has 0 spiro atoms. The molecule has 1 heterocycles. The molecule has 0 aliphatic carbocycles. The van der Waals surface area contributed by atoms with Crippen molar-refractivity contribution in [3.63, 3.8) is 0 Å². The molecule has 1 fully saturated rings. The van der Waals surface area contributed by atoms with Crippen molar-refractivity contribution in [1.29, 1.82) is 0 Å². The molecular weight excluding hydrogens is 220 g/mol. The SMILES string of the molecule is CCCOCCOCCC(=O)N1CCNCC1. The maximum absolute atomic E-state index is 11.7. The molecule has 5 heteroatoms. The largest absolute Gasteiger partial charge is 0.379 e. The van der Waals surface area contributed by atoms with Crippen LogP contribution in [-0.4, -0.2) is 63.4 Å². The molecule has 1 aliphatic heterocycles. The minimum atomic E-state index is 0.195. The minimum absolute atomic E-state index is 0.195. The van der Waals surface area contributed by atoms with Crippen LogP contribution in [0.15, 0.2) is 0 Å². The summed E-state index contributed by atoms with van der Waals surface area (Å²) in [6, 6.07) is 0. The number of nitrogens with zero attached hydrogens (tertiary/aromatic N) is 1. The molecule has 0 saturated carbocycles. The quantitative estimate of drug-likeness (QED) is 0.622. The first-order valence-electron chi connectivity index (χ1n) is 6.48. The van der Waals surface area contributed by atoms with Crippen molar-refractivity contribution in [2.24, 2.45) is 0 Å². The Balaban J connectivity index is 1.92. The smallest absolute Gasteiger partial charge is 0.224 e. The monoisotopic (exact) mass is 244 g/mol. The summed E-state index contributed by atoms with van der Waals surface area (Å²) in [5, 5.41) is 3.22. The van der Waals surface area contributed by atoms with Crippen molar-refractivity contribution in [2.45, 2.75) is 19.8 Å². The number of carbonyl (C=O) groups is 1. The lowest BCUT2D eigenvalue weighted by Crippen LogP contribution is -2.46. The molecule has 0 aromatic heterocycles. The van der Waals surface area contributed by atoms with Crippen LogP contribution in [0.5, 0.6) is 0 Å². The highest BCUT2D eigenvalue weighted by molar-refractivity contribution is 5.76. The first-order chi connectivity index (χ1) is 8.34. The van der Waals surface area contributed by atoms with Gasteiger partial charge in [0.2, 0.25) is 5.91 Å². The molecule has 100 valence electrons. The van der Waals surface area contributed by atoms with Crippen molar-refractivity contribution in [2.75, 3.05) is 52.6 Å². The highest BCUT2D eigenvalue weighted by Gasteiger charge is 2.15. The van der Waals surface area contributed by atoms with Gasteiger partial charge >= 0.3 is 0 Å². The summed E-state index contributed by atoms with van der Waals surface area (Å²) in [7, 11) is 0. The van der Waals surface area contributed by atoms with Gasteiger partial charge in [0.05, 0.1) is 26.2 Å². The second-order valence-corrected chi connectivity index (χ2v) is 4.11. The molecule has 17 heavy (non-hydrogen) atoms. The van der Waals surface area contributed by atoms with E-state index in [2.05, 4.69) is 12.2 Å². The minimum Gasteiger partial charge on any atom is -0.379 e. The van der Waals surface area contributed by atoms with Crippen LogP contribution in [0.3, 0.4) is 0 Å². The maximum atomic E-state index is 11.7. The lowest BCUT2D eigenvalue weighted by Gasteiger charge is -2.27. The lowest BCUT2D eigenvalue weighted by molar-refractivity contribution is -0.133. The van der Waals surface area contributed by atoms with Gasteiger partial charge in [-0.2, -0.15) is 0 Å². The standard InChI is InChI=1S/C12H24N2O3/c1-2-8-16-10-11-17-9-3-12(15)14-6-4-13-5-7-14/h13H,2-11H2,1H3. The number of amides is 1. The Labute approximate surface area is 103 Å². The zero-order valence-electron chi connectivity index (χ0n) is 10.7. The zero-order chi connectivity index (χ0) is 12.3. The number of nitrogens with one attached hydrogen (secondary N) is 1. The second kappa shape index (κ2) is 9.39. The number of hydrogen-bond acceptors (Lipinski definition) is 4. The Morgan fingerprint density at radius 1 is 1.12 bits per heavy atom. The van der Waals surface area contributed by atoms with E-state index >= 15 is 0 Å². The first-order valence-corrected chi connectivity index (χ1v) is 6.48. The van der Waals surface area contributed by atoms with E-state index in [1.54, 1.807) is 0 Å². The molecule has 0 atom stereocenters. The third kappa shape index (κ3) is 6.61. The molecule has 5 nitrogen and oxygen atoms in total. The average Bonchev–Trinajstić information content (AvgIpc) is 2.38. The van der Waals surface area contributed by atoms with Crippen molar-refractivity contribution in [3.05, 3.63) is 0 Å². The van der Waals surface area contributed by atoms with Gasteiger partial charge < -0.3 is 19.7 Å². The Morgan fingerprint density at radius 3 is 2.41 bits per heavy atom. The molecule has 0 bridgehead atoms. The van der Waals surface area contributed by atoms with Crippen LogP contribution in [0.1, 0.15) is 19.8 Å². The second-order valence-electron chi connectivity index (χ2n) is 4.11. The van der Waals surface area contributed by atoms with Gasteiger partial charge in [0.25, 0.3) is 0 Å². The number of hydrogen-bond donors (Lipinski definition) is 1. The summed E-state index contributed by atoms with van der Waals surface area (Å²) >= 11 is 0. The number of rotatable bonds is 8. The van der Waals surface area contributed by atoms with Crippen LogP contribution in [-0.2, 0) is 14.3 Å². The Bertz CT molecular complexity index is 206. The van der Waals surface area contributed by atoms with Crippen molar-refractivity contribution in [3.8, 4) is 0 Å². The van der Waals surface area contributed by atoms with E-state index in [1.807, 2.05) is 4.90 Å². The highest BCUT2D eigenvalue weighted by Crippen LogP contribution is 1.97. The van der Waals surface area contributed by atoms with Gasteiger partial charge in [-0.25, -0.2) is 0 Å².